The van der Waals surface area contributed by atoms with Crippen molar-refractivity contribution in [1.82, 2.24) is 0 Å². The molecular weight excluding hydrogens is 264 g/mol. The molecule has 0 saturated carbocycles. The number of nitro benzene ring substituents is 1. The second-order valence-electron chi connectivity index (χ2n) is 4.73. The Balaban J connectivity index is 2.82. The zero-order valence-electron chi connectivity index (χ0n) is 11.9. The lowest BCUT2D eigenvalue weighted by molar-refractivity contribution is -0.384. The molecule has 0 bridgehead atoms. The van der Waals surface area contributed by atoms with Gasteiger partial charge in [-0.05, 0) is 13.0 Å². The maximum absolute atomic E-state index is 11.0. The molecule has 7 nitrogen and oxygen atoms in total. The molecule has 112 valence electrons. The molecule has 0 aromatic heterocycles. The summed E-state index contributed by atoms with van der Waals surface area (Å²) in [6.07, 6.45) is 0.425. The number of hydrogen-bond acceptors (Lipinski definition) is 6. The lowest BCUT2D eigenvalue weighted by atomic mass is 10.0. The largest absolute Gasteiger partial charge is 0.497 e. The standard InChI is InChI=1S/C13H20N2O5/c1-13(16,6-7-19-2)9-14-11-8-10(20-3)4-5-12(11)15(17)18/h4-5,8,14,16H,6-7,9H2,1-3H3. The van der Waals surface area contributed by atoms with Gasteiger partial charge in [0.2, 0.25) is 0 Å². The zero-order chi connectivity index (χ0) is 15.2. The predicted molar refractivity (Wildman–Crippen MR) is 75.3 cm³/mol. The van der Waals surface area contributed by atoms with Crippen molar-refractivity contribution in [1.29, 1.82) is 0 Å². The summed E-state index contributed by atoms with van der Waals surface area (Å²) in [7, 11) is 3.04. The predicted octanol–water partition coefficient (Wildman–Crippen LogP) is 1.80. The third-order valence-corrected chi connectivity index (χ3v) is 2.90. The highest BCUT2D eigenvalue weighted by Crippen LogP contribution is 2.29. The Hall–Kier alpha value is -1.86. The minimum atomic E-state index is -1.02. The van der Waals surface area contributed by atoms with Crippen LogP contribution in [-0.4, -0.2) is 43.0 Å². The Morgan fingerprint density at radius 1 is 1.45 bits per heavy atom. The SMILES string of the molecule is COCCC(C)(O)CNc1cc(OC)ccc1[N+](=O)[O-]. The third kappa shape index (κ3) is 4.67. The highest BCUT2D eigenvalue weighted by Gasteiger charge is 2.22. The van der Waals surface area contributed by atoms with Gasteiger partial charge < -0.3 is 19.9 Å². The smallest absolute Gasteiger partial charge is 0.292 e. The first-order valence-electron chi connectivity index (χ1n) is 6.17. The topological polar surface area (TPSA) is 93.9 Å². The van der Waals surface area contributed by atoms with Gasteiger partial charge in [0.05, 0.1) is 17.6 Å². The van der Waals surface area contributed by atoms with E-state index in [-0.39, 0.29) is 12.2 Å². The number of ether oxygens (including phenoxy) is 2. The number of nitrogens with one attached hydrogen (secondary N) is 1. The molecule has 1 unspecified atom stereocenters. The molecule has 0 aliphatic carbocycles. The maximum Gasteiger partial charge on any atom is 0.292 e. The lowest BCUT2D eigenvalue weighted by Gasteiger charge is -2.23. The minimum absolute atomic E-state index is 0.0617. The van der Waals surface area contributed by atoms with Gasteiger partial charge in [-0.25, -0.2) is 0 Å². The molecule has 2 N–H and O–H groups in total. The molecule has 0 saturated heterocycles. The molecule has 1 atom stereocenters. The highest BCUT2D eigenvalue weighted by atomic mass is 16.6. The van der Waals surface area contributed by atoms with Crippen molar-refractivity contribution in [2.45, 2.75) is 18.9 Å². The minimum Gasteiger partial charge on any atom is -0.497 e. The Bertz CT molecular complexity index is 462. The van der Waals surface area contributed by atoms with Gasteiger partial charge in [-0.15, -0.1) is 0 Å². The summed E-state index contributed by atoms with van der Waals surface area (Å²) in [4.78, 5) is 10.5. The highest BCUT2D eigenvalue weighted by molar-refractivity contribution is 5.64. The molecule has 0 heterocycles. The Morgan fingerprint density at radius 2 is 2.15 bits per heavy atom. The quantitative estimate of drug-likeness (QED) is 0.558. The molecule has 1 aromatic rings. The number of aliphatic hydroxyl groups is 1. The van der Waals surface area contributed by atoms with E-state index < -0.39 is 10.5 Å². The fourth-order valence-electron chi connectivity index (χ4n) is 1.64. The molecule has 0 amide bonds. The number of nitrogens with zero attached hydrogens (tertiary/aromatic N) is 1. The van der Waals surface area contributed by atoms with E-state index >= 15 is 0 Å². The van der Waals surface area contributed by atoms with E-state index in [1.165, 1.54) is 25.3 Å². The van der Waals surface area contributed by atoms with E-state index in [1.807, 2.05) is 0 Å². The molecule has 1 rings (SSSR count). The van der Waals surface area contributed by atoms with Gasteiger partial charge in [-0.2, -0.15) is 0 Å². The molecule has 7 heteroatoms. The van der Waals surface area contributed by atoms with Crippen LogP contribution in [-0.2, 0) is 4.74 Å². The number of hydrogen-bond donors (Lipinski definition) is 2. The molecule has 0 aliphatic rings. The van der Waals surface area contributed by atoms with E-state index in [4.69, 9.17) is 9.47 Å². The number of anilines is 1. The number of methoxy groups -OCH3 is 2. The first-order chi connectivity index (χ1) is 9.39. The van der Waals surface area contributed by atoms with Crippen LogP contribution in [0, 0.1) is 10.1 Å². The van der Waals surface area contributed by atoms with E-state index in [0.717, 1.165) is 0 Å². The van der Waals surface area contributed by atoms with Crippen LogP contribution in [0.2, 0.25) is 0 Å². The van der Waals surface area contributed by atoms with Gasteiger partial charge >= 0.3 is 0 Å². The van der Waals surface area contributed by atoms with Crippen molar-refractivity contribution in [3.63, 3.8) is 0 Å². The van der Waals surface area contributed by atoms with Gasteiger partial charge in [0.1, 0.15) is 11.4 Å². The van der Waals surface area contributed by atoms with Crippen LogP contribution >= 0.6 is 0 Å². The number of nitro groups is 1. The first-order valence-corrected chi connectivity index (χ1v) is 6.17. The molecule has 0 spiro atoms. The van der Waals surface area contributed by atoms with Gasteiger partial charge in [-0.1, -0.05) is 0 Å². The maximum atomic E-state index is 11.0. The van der Waals surface area contributed by atoms with Crippen molar-refractivity contribution >= 4 is 11.4 Å². The number of benzene rings is 1. The summed E-state index contributed by atoms with van der Waals surface area (Å²) in [5, 5.41) is 24.0. The fourth-order valence-corrected chi connectivity index (χ4v) is 1.64. The summed E-state index contributed by atoms with van der Waals surface area (Å²) < 4.78 is 9.95. The Kier molecular flexibility index (Phi) is 5.72. The fraction of sp³-hybridized carbons (Fsp3) is 0.538. The molecule has 0 radical (unpaired) electrons. The molecule has 0 aliphatic heterocycles. The zero-order valence-corrected chi connectivity index (χ0v) is 11.9. The van der Waals surface area contributed by atoms with Crippen molar-refractivity contribution in [3.05, 3.63) is 28.3 Å². The third-order valence-electron chi connectivity index (χ3n) is 2.90. The average molecular weight is 284 g/mol. The summed E-state index contributed by atoms with van der Waals surface area (Å²) in [5.74, 6) is 0.509. The normalized spacial score (nSPS) is 13.6. The Labute approximate surface area is 117 Å². The second-order valence-corrected chi connectivity index (χ2v) is 4.73. The summed E-state index contributed by atoms with van der Waals surface area (Å²) in [6, 6.07) is 4.42. The van der Waals surface area contributed by atoms with Gasteiger partial charge in [0, 0.05) is 38.8 Å². The molecule has 0 fully saturated rings. The molecular formula is C13H20N2O5. The average Bonchev–Trinajstić information content (AvgIpc) is 2.42. The van der Waals surface area contributed by atoms with Crippen LogP contribution in [0.5, 0.6) is 5.75 Å². The van der Waals surface area contributed by atoms with Crippen LogP contribution in [0.25, 0.3) is 0 Å². The van der Waals surface area contributed by atoms with Gasteiger partial charge in [0.25, 0.3) is 5.69 Å². The monoisotopic (exact) mass is 284 g/mol. The van der Waals surface area contributed by atoms with Crippen LogP contribution < -0.4 is 10.1 Å². The number of rotatable bonds is 8. The second kappa shape index (κ2) is 7.06. The molecule has 20 heavy (non-hydrogen) atoms. The summed E-state index contributed by atoms with van der Waals surface area (Å²) in [6.45, 7) is 2.23. The van der Waals surface area contributed by atoms with Crippen molar-refractivity contribution in [2.75, 3.05) is 32.7 Å². The van der Waals surface area contributed by atoms with Crippen molar-refractivity contribution in [2.24, 2.45) is 0 Å². The lowest BCUT2D eigenvalue weighted by Crippen LogP contribution is -2.34. The van der Waals surface area contributed by atoms with Crippen LogP contribution in [0.3, 0.4) is 0 Å². The van der Waals surface area contributed by atoms with Gasteiger partial charge in [0.15, 0.2) is 0 Å². The molecule has 1 aromatic carbocycles. The van der Waals surface area contributed by atoms with Crippen LogP contribution in [0.4, 0.5) is 11.4 Å². The first kappa shape index (κ1) is 16.2. The van der Waals surface area contributed by atoms with E-state index in [1.54, 1.807) is 14.0 Å². The summed E-state index contributed by atoms with van der Waals surface area (Å²) in [5.41, 5.74) is -0.771. The van der Waals surface area contributed by atoms with Gasteiger partial charge in [-0.3, -0.25) is 10.1 Å². The van der Waals surface area contributed by atoms with Crippen LogP contribution in [0.1, 0.15) is 13.3 Å². The summed E-state index contributed by atoms with van der Waals surface area (Å²) >= 11 is 0. The van der Waals surface area contributed by atoms with Crippen molar-refractivity contribution < 1.29 is 19.5 Å². The van der Waals surface area contributed by atoms with Crippen LogP contribution in [0.15, 0.2) is 18.2 Å². The van der Waals surface area contributed by atoms with E-state index in [2.05, 4.69) is 5.32 Å². The van der Waals surface area contributed by atoms with E-state index in [9.17, 15) is 15.2 Å². The Morgan fingerprint density at radius 3 is 2.70 bits per heavy atom. The van der Waals surface area contributed by atoms with Crippen molar-refractivity contribution in [3.8, 4) is 5.75 Å². The van der Waals surface area contributed by atoms with E-state index in [0.29, 0.717) is 24.5 Å².